The largest absolute Gasteiger partial charge is 0.466 e. The topological polar surface area (TPSA) is 72.5 Å². The van der Waals surface area contributed by atoms with Crippen molar-refractivity contribution in [1.29, 1.82) is 0 Å². The summed E-state index contributed by atoms with van der Waals surface area (Å²) in [6, 6.07) is 13.1. The maximum absolute atomic E-state index is 12.6. The van der Waals surface area contributed by atoms with Gasteiger partial charge in [-0.25, -0.2) is 8.42 Å². The van der Waals surface area contributed by atoms with E-state index < -0.39 is 20.7 Å². The molecular weight excluding hydrogens is 314 g/mol. The number of benzene rings is 2. The minimum absolute atomic E-state index is 0.0935. The molecule has 0 aliphatic heterocycles. The first-order chi connectivity index (χ1) is 11.0. The van der Waals surface area contributed by atoms with Crippen molar-refractivity contribution >= 4 is 32.5 Å². The van der Waals surface area contributed by atoms with Crippen LogP contribution in [-0.4, -0.2) is 25.7 Å². The van der Waals surface area contributed by atoms with Gasteiger partial charge in [0.05, 0.1) is 13.0 Å². The molecule has 0 atom stereocenters. The van der Waals surface area contributed by atoms with Crippen molar-refractivity contribution in [3.8, 4) is 0 Å². The summed E-state index contributed by atoms with van der Waals surface area (Å²) in [5, 5.41) is 2.01. The normalized spacial score (nSPS) is 16.0. The number of hydrogen-bond acceptors (Lipinski definition) is 4. The highest BCUT2D eigenvalue weighted by Crippen LogP contribution is 2.47. The van der Waals surface area contributed by atoms with E-state index in [2.05, 4.69) is 4.72 Å². The Morgan fingerprint density at radius 1 is 1.17 bits per heavy atom. The molecule has 1 aliphatic rings. The molecule has 3 rings (SSSR count). The molecule has 5 nitrogen and oxygen atoms in total. The van der Waals surface area contributed by atoms with E-state index in [9.17, 15) is 13.2 Å². The van der Waals surface area contributed by atoms with E-state index in [0.717, 1.165) is 10.8 Å². The maximum Gasteiger partial charge on any atom is 0.307 e. The van der Waals surface area contributed by atoms with Gasteiger partial charge in [0.1, 0.15) is 4.75 Å². The van der Waals surface area contributed by atoms with Crippen LogP contribution in [0.15, 0.2) is 42.5 Å². The summed E-state index contributed by atoms with van der Waals surface area (Å²) >= 11 is 0. The van der Waals surface area contributed by atoms with Gasteiger partial charge < -0.3 is 4.74 Å². The first kappa shape index (κ1) is 15.8. The van der Waals surface area contributed by atoms with Crippen molar-refractivity contribution in [2.24, 2.45) is 0 Å². The van der Waals surface area contributed by atoms with Crippen LogP contribution in [0.1, 0.15) is 26.2 Å². The number of carbonyl (C=O) groups is 1. The zero-order valence-corrected chi connectivity index (χ0v) is 13.7. The highest BCUT2D eigenvalue weighted by molar-refractivity contribution is 7.94. The van der Waals surface area contributed by atoms with E-state index in [1.54, 1.807) is 19.1 Å². The summed E-state index contributed by atoms with van der Waals surface area (Å²) in [5.41, 5.74) is 0.513. The van der Waals surface area contributed by atoms with E-state index in [-0.39, 0.29) is 13.0 Å². The Morgan fingerprint density at radius 2 is 1.87 bits per heavy atom. The van der Waals surface area contributed by atoms with Gasteiger partial charge in [-0.3, -0.25) is 9.52 Å². The third kappa shape index (κ3) is 3.17. The molecule has 2 aromatic carbocycles. The Hall–Kier alpha value is -2.08. The Balaban J connectivity index is 1.81. The van der Waals surface area contributed by atoms with Crippen LogP contribution >= 0.6 is 0 Å². The molecule has 122 valence electrons. The number of rotatable bonds is 6. The number of fused-ring (bicyclic) bond motifs is 1. The van der Waals surface area contributed by atoms with Gasteiger partial charge in [-0.05, 0) is 42.7 Å². The minimum atomic E-state index is -3.63. The summed E-state index contributed by atoms with van der Waals surface area (Å²) in [4.78, 5) is 11.7. The van der Waals surface area contributed by atoms with Gasteiger partial charge in [0.15, 0.2) is 0 Å². The summed E-state index contributed by atoms with van der Waals surface area (Å²) in [6.45, 7) is 1.96. The molecule has 0 bridgehead atoms. The number of esters is 1. The number of carbonyl (C=O) groups excluding carboxylic acids is 1. The Bertz CT molecular complexity index is 841. The number of anilines is 1. The fraction of sp³-hybridized carbons (Fsp3) is 0.353. The van der Waals surface area contributed by atoms with Crippen molar-refractivity contribution in [1.82, 2.24) is 0 Å². The van der Waals surface area contributed by atoms with Crippen LogP contribution in [0.25, 0.3) is 10.8 Å². The first-order valence-corrected chi connectivity index (χ1v) is 9.11. The molecule has 0 aromatic heterocycles. The molecule has 0 saturated heterocycles. The van der Waals surface area contributed by atoms with Crippen LogP contribution < -0.4 is 4.72 Å². The lowest BCUT2D eigenvalue weighted by atomic mass is 10.1. The summed E-state index contributed by atoms with van der Waals surface area (Å²) in [7, 11) is -3.63. The van der Waals surface area contributed by atoms with Crippen LogP contribution in [0.5, 0.6) is 0 Å². The second kappa shape index (κ2) is 5.85. The molecule has 2 aromatic rings. The molecular formula is C17H19NO4S. The monoisotopic (exact) mass is 333 g/mol. The SMILES string of the molecule is CCOC(=O)CC1(S(=O)(=O)Nc2ccc3ccccc3c2)CC1. The fourth-order valence-electron chi connectivity index (χ4n) is 2.67. The van der Waals surface area contributed by atoms with E-state index >= 15 is 0 Å². The van der Waals surface area contributed by atoms with Crippen LogP contribution in [0.4, 0.5) is 5.69 Å². The zero-order valence-electron chi connectivity index (χ0n) is 12.9. The summed E-state index contributed by atoms with van der Waals surface area (Å²) in [6.07, 6.45) is 0.868. The zero-order chi connectivity index (χ0) is 16.5. The molecule has 1 fully saturated rings. The minimum Gasteiger partial charge on any atom is -0.466 e. The van der Waals surface area contributed by atoms with Gasteiger partial charge in [-0.2, -0.15) is 0 Å². The lowest BCUT2D eigenvalue weighted by Gasteiger charge is -2.17. The summed E-state index contributed by atoms with van der Waals surface area (Å²) < 4.78 is 31.8. The van der Waals surface area contributed by atoms with Crippen LogP contribution in [-0.2, 0) is 19.6 Å². The standard InChI is InChI=1S/C17H19NO4S/c1-2-22-16(19)12-17(9-10-17)23(20,21)18-15-8-7-13-5-3-4-6-14(13)11-15/h3-8,11,18H,2,9-10,12H2,1H3. The van der Waals surface area contributed by atoms with Crippen LogP contribution in [0.3, 0.4) is 0 Å². The predicted molar refractivity (Wildman–Crippen MR) is 89.7 cm³/mol. The van der Waals surface area contributed by atoms with Crippen molar-refractivity contribution in [3.63, 3.8) is 0 Å². The highest BCUT2D eigenvalue weighted by Gasteiger charge is 2.56. The van der Waals surface area contributed by atoms with E-state index in [4.69, 9.17) is 4.74 Å². The molecule has 0 amide bonds. The molecule has 23 heavy (non-hydrogen) atoms. The van der Waals surface area contributed by atoms with Crippen molar-refractivity contribution in [2.45, 2.75) is 30.9 Å². The fourth-order valence-corrected chi connectivity index (χ4v) is 4.27. The van der Waals surface area contributed by atoms with Gasteiger partial charge in [-0.1, -0.05) is 30.3 Å². The second-order valence-corrected chi connectivity index (χ2v) is 7.91. The molecule has 0 unspecified atom stereocenters. The predicted octanol–water partition coefficient (Wildman–Crippen LogP) is 3.07. The number of ether oxygens (including phenoxy) is 1. The Kier molecular flexibility index (Phi) is 4.02. The molecule has 6 heteroatoms. The number of hydrogen-bond donors (Lipinski definition) is 1. The lowest BCUT2D eigenvalue weighted by molar-refractivity contribution is -0.143. The molecule has 1 saturated carbocycles. The lowest BCUT2D eigenvalue weighted by Crippen LogP contribution is -2.32. The Morgan fingerprint density at radius 3 is 2.52 bits per heavy atom. The molecule has 1 N–H and O–H groups in total. The molecule has 0 heterocycles. The summed E-state index contributed by atoms with van der Waals surface area (Å²) in [5.74, 6) is -0.464. The van der Waals surface area contributed by atoms with Gasteiger partial charge in [0.25, 0.3) is 0 Å². The molecule has 0 spiro atoms. The Labute approximate surface area is 135 Å². The van der Waals surface area contributed by atoms with Gasteiger partial charge in [-0.15, -0.1) is 0 Å². The van der Waals surface area contributed by atoms with E-state index in [1.165, 1.54) is 0 Å². The third-order valence-electron chi connectivity index (χ3n) is 4.15. The van der Waals surface area contributed by atoms with Gasteiger partial charge >= 0.3 is 5.97 Å². The van der Waals surface area contributed by atoms with E-state index in [0.29, 0.717) is 18.5 Å². The number of sulfonamides is 1. The van der Waals surface area contributed by atoms with Gasteiger partial charge in [0.2, 0.25) is 10.0 Å². The molecule has 0 radical (unpaired) electrons. The van der Waals surface area contributed by atoms with Crippen molar-refractivity contribution in [3.05, 3.63) is 42.5 Å². The smallest absolute Gasteiger partial charge is 0.307 e. The van der Waals surface area contributed by atoms with Crippen LogP contribution in [0.2, 0.25) is 0 Å². The van der Waals surface area contributed by atoms with Crippen molar-refractivity contribution in [2.75, 3.05) is 11.3 Å². The average molecular weight is 333 g/mol. The van der Waals surface area contributed by atoms with Crippen LogP contribution in [0, 0.1) is 0 Å². The first-order valence-electron chi connectivity index (χ1n) is 7.63. The second-order valence-electron chi connectivity index (χ2n) is 5.83. The average Bonchev–Trinajstić information content (AvgIpc) is 3.28. The number of nitrogens with one attached hydrogen (secondary N) is 1. The quantitative estimate of drug-likeness (QED) is 0.825. The molecule has 1 aliphatic carbocycles. The van der Waals surface area contributed by atoms with Gasteiger partial charge in [0, 0.05) is 5.69 Å². The van der Waals surface area contributed by atoms with E-state index in [1.807, 2.05) is 30.3 Å². The highest BCUT2D eigenvalue weighted by atomic mass is 32.2. The maximum atomic E-state index is 12.6. The third-order valence-corrected chi connectivity index (χ3v) is 6.35. The van der Waals surface area contributed by atoms with Crippen molar-refractivity contribution < 1.29 is 17.9 Å².